The normalized spacial score (nSPS) is 18.6. The number of carboxylic acids is 1. The zero-order valence-electron chi connectivity index (χ0n) is 9.47. The number of aromatic carboxylic acids is 1. The van der Waals surface area contributed by atoms with Gasteiger partial charge in [0, 0.05) is 10.1 Å². The van der Waals surface area contributed by atoms with Crippen LogP contribution in [0.3, 0.4) is 0 Å². The summed E-state index contributed by atoms with van der Waals surface area (Å²) in [5.74, 6) is -1.03. The van der Waals surface area contributed by atoms with E-state index in [9.17, 15) is 13.2 Å². The minimum atomic E-state index is -3.38. The first-order chi connectivity index (χ1) is 8.42. The Labute approximate surface area is 119 Å². The van der Waals surface area contributed by atoms with Gasteiger partial charge < -0.3 is 5.11 Å². The van der Waals surface area contributed by atoms with Crippen molar-refractivity contribution in [3.05, 3.63) is 27.3 Å². The van der Waals surface area contributed by atoms with Crippen molar-refractivity contribution in [2.75, 3.05) is 16.6 Å². The highest BCUT2D eigenvalue weighted by molar-refractivity contribution is 14.1. The van der Waals surface area contributed by atoms with Gasteiger partial charge in [-0.15, -0.1) is 0 Å². The Kier molecular flexibility index (Phi) is 3.81. The lowest BCUT2D eigenvalue weighted by Crippen LogP contribution is -2.38. The Morgan fingerprint density at radius 3 is 2.67 bits per heavy atom. The van der Waals surface area contributed by atoms with Gasteiger partial charge in [0.1, 0.15) is 0 Å². The molecule has 1 fully saturated rings. The maximum atomic E-state index is 12.0. The summed E-state index contributed by atoms with van der Waals surface area (Å²) >= 11 is 2.00. The molecule has 18 heavy (non-hydrogen) atoms. The first kappa shape index (κ1) is 13.6. The van der Waals surface area contributed by atoms with Crippen molar-refractivity contribution >= 4 is 44.3 Å². The third kappa shape index (κ3) is 2.61. The Morgan fingerprint density at radius 2 is 2.06 bits per heavy atom. The zero-order chi connectivity index (χ0) is 13.3. The lowest BCUT2D eigenvalue weighted by molar-refractivity contribution is 0.0697. The van der Waals surface area contributed by atoms with Crippen LogP contribution in [0.4, 0.5) is 5.69 Å². The molecule has 0 saturated carbocycles. The van der Waals surface area contributed by atoms with Crippen LogP contribution in [0.15, 0.2) is 18.2 Å². The quantitative estimate of drug-likeness (QED) is 0.795. The van der Waals surface area contributed by atoms with Crippen molar-refractivity contribution in [1.29, 1.82) is 0 Å². The molecule has 0 radical (unpaired) electrons. The summed E-state index contributed by atoms with van der Waals surface area (Å²) in [4.78, 5) is 11.2. The molecule has 0 atom stereocenters. The summed E-state index contributed by atoms with van der Waals surface area (Å²) in [6, 6.07) is 4.77. The summed E-state index contributed by atoms with van der Waals surface area (Å²) in [5, 5.41) is 9.17. The Bertz CT molecular complexity index is 585. The Hall–Kier alpha value is -0.830. The zero-order valence-corrected chi connectivity index (χ0v) is 12.4. The van der Waals surface area contributed by atoms with Crippen molar-refractivity contribution in [3.63, 3.8) is 0 Å². The van der Waals surface area contributed by atoms with Gasteiger partial charge in [-0.05, 0) is 53.6 Å². The van der Waals surface area contributed by atoms with Crippen LogP contribution >= 0.6 is 22.6 Å². The number of benzene rings is 1. The molecular weight excluding hydrogens is 369 g/mol. The van der Waals surface area contributed by atoms with Gasteiger partial charge in [-0.2, -0.15) is 0 Å². The van der Waals surface area contributed by atoms with Crippen LogP contribution in [-0.2, 0) is 10.0 Å². The Morgan fingerprint density at radius 1 is 1.33 bits per heavy atom. The van der Waals surface area contributed by atoms with Gasteiger partial charge in [0.05, 0.1) is 17.0 Å². The van der Waals surface area contributed by atoms with Crippen LogP contribution in [0.5, 0.6) is 0 Å². The maximum Gasteiger partial charge on any atom is 0.337 e. The number of nitrogens with zero attached hydrogens (tertiary/aromatic N) is 1. The Balaban J connectivity index is 2.53. The summed E-state index contributed by atoms with van der Waals surface area (Å²) in [6.45, 7) is 0.350. The van der Waals surface area contributed by atoms with Crippen molar-refractivity contribution in [2.24, 2.45) is 0 Å². The van der Waals surface area contributed by atoms with E-state index >= 15 is 0 Å². The van der Waals surface area contributed by atoms with Gasteiger partial charge in [-0.25, -0.2) is 13.2 Å². The molecule has 1 N–H and O–H groups in total. The topological polar surface area (TPSA) is 74.7 Å². The predicted molar refractivity (Wildman–Crippen MR) is 76.5 cm³/mol. The molecule has 1 aliphatic heterocycles. The summed E-state index contributed by atoms with van der Waals surface area (Å²) in [5.41, 5.74) is 0.301. The SMILES string of the molecule is O=C(O)c1cc(I)ccc1N1CCCCS1(=O)=O. The first-order valence-corrected chi connectivity index (χ1v) is 8.14. The molecule has 7 heteroatoms. The van der Waals surface area contributed by atoms with E-state index in [0.717, 1.165) is 9.99 Å². The second kappa shape index (κ2) is 5.04. The standard InChI is InChI=1S/C11H12INO4S/c12-8-3-4-10(9(7-8)11(14)15)13-5-1-2-6-18(13,16)17/h3-4,7H,1-2,5-6H2,(H,14,15). The highest BCUT2D eigenvalue weighted by Crippen LogP contribution is 2.28. The highest BCUT2D eigenvalue weighted by atomic mass is 127. The molecule has 2 rings (SSSR count). The third-order valence-corrected chi connectivity index (χ3v) is 5.33. The summed E-state index contributed by atoms with van der Waals surface area (Å²) < 4.78 is 25.9. The van der Waals surface area contributed by atoms with Crippen molar-refractivity contribution in [2.45, 2.75) is 12.8 Å². The van der Waals surface area contributed by atoms with Gasteiger partial charge in [0.25, 0.3) is 0 Å². The largest absolute Gasteiger partial charge is 0.478 e. The van der Waals surface area contributed by atoms with Gasteiger partial charge in [-0.1, -0.05) is 0 Å². The maximum absolute atomic E-state index is 12.0. The van der Waals surface area contributed by atoms with Crippen LogP contribution < -0.4 is 4.31 Å². The lowest BCUT2D eigenvalue weighted by atomic mass is 10.1. The number of carbonyl (C=O) groups is 1. The molecule has 1 aliphatic rings. The average molecular weight is 381 g/mol. The minimum Gasteiger partial charge on any atom is -0.478 e. The molecule has 0 unspecified atom stereocenters. The summed E-state index contributed by atoms with van der Waals surface area (Å²) in [7, 11) is -3.38. The number of hydrogen-bond donors (Lipinski definition) is 1. The van der Waals surface area contributed by atoms with E-state index in [2.05, 4.69) is 0 Å². The molecule has 0 bridgehead atoms. The fourth-order valence-electron chi connectivity index (χ4n) is 1.96. The average Bonchev–Trinajstić information content (AvgIpc) is 2.29. The molecule has 0 aliphatic carbocycles. The molecule has 1 aromatic rings. The van der Waals surface area contributed by atoms with E-state index < -0.39 is 16.0 Å². The number of carboxylic acid groups (broad SMARTS) is 1. The molecule has 98 valence electrons. The minimum absolute atomic E-state index is 0.0346. The first-order valence-electron chi connectivity index (χ1n) is 5.45. The molecule has 0 amide bonds. The number of halogens is 1. The number of hydrogen-bond acceptors (Lipinski definition) is 3. The second-order valence-electron chi connectivity index (χ2n) is 4.06. The van der Waals surface area contributed by atoms with E-state index in [-0.39, 0.29) is 17.0 Å². The predicted octanol–water partition coefficient (Wildman–Crippen LogP) is 1.92. The number of sulfonamides is 1. The molecule has 1 saturated heterocycles. The second-order valence-corrected chi connectivity index (χ2v) is 7.32. The fourth-order valence-corrected chi connectivity index (χ4v) is 4.10. The summed E-state index contributed by atoms with van der Waals surface area (Å²) in [6.07, 6.45) is 1.38. The lowest BCUT2D eigenvalue weighted by Gasteiger charge is -2.29. The molecule has 1 aromatic carbocycles. The molecule has 0 aromatic heterocycles. The third-order valence-electron chi connectivity index (χ3n) is 2.81. The monoisotopic (exact) mass is 381 g/mol. The van der Waals surface area contributed by atoms with Gasteiger partial charge >= 0.3 is 5.97 Å². The van der Waals surface area contributed by atoms with Crippen LogP contribution in [0.2, 0.25) is 0 Å². The van der Waals surface area contributed by atoms with E-state index in [1.54, 1.807) is 12.1 Å². The van der Waals surface area contributed by atoms with Crippen molar-refractivity contribution < 1.29 is 18.3 Å². The van der Waals surface area contributed by atoms with Crippen LogP contribution in [0.25, 0.3) is 0 Å². The van der Waals surface area contributed by atoms with Crippen LogP contribution in [0.1, 0.15) is 23.2 Å². The molecular formula is C11H12INO4S. The van der Waals surface area contributed by atoms with E-state index in [4.69, 9.17) is 5.11 Å². The highest BCUT2D eigenvalue weighted by Gasteiger charge is 2.29. The molecule has 0 spiro atoms. The molecule has 5 nitrogen and oxygen atoms in total. The fraction of sp³-hybridized carbons (Fsp3) is 0.364. The van der Waals surface area contributed by atoms with Crippen molar-refractivity contribution in [3.8, 4) is 0 Å². The van der Waals surface area contributed by atoms with E-state index in [1.807, 2.05) is 22.6 Å². The van der Waals surface area contributed by atoms with Crippen LogP contribution in [-0.4, -0.2) is 31.8 Å². The number of anilines is 1. The van der Waals surface area contributed by atoms with Gasteiger partial charge in [-0.3, -0.25) is 4.31 Å². The van der Waals surface area contributed by atoms with E-state index in [1.165, 1.54) is 10.4 Å². The van der Waals surface area contributed by atoms with E-state index in [0.29, 0.717) is 13.0 Å². The van der Waals surface area contributed by atoms with Gasteiger partial charge in [0.2, 0.25) is 10.0 Å². The smallest absolute Gasteiger partial charge is 0.337 e. The molecule has 1 heterocycles. The van der Waals surface area contributed by atoms with Gasteiger partial charge in [0.15, 0.2) is 0 Å². The van der Waals surface area contributed by atoms with Crippen LogP contribution in [0, 0.1) is 3.57 Å². The van der Waals surface area contributed by atoms with Crippen molar-refractivity contribution in [1.82, 2.24) is 0 Å². The number of rotatable bonds is 2.